The summed E-state index contributed by atoms with van der Waals surface area (Å²) in [5.74, 6) is 4.64. The third kappa shape index (κ3) is 5.35. The first-order valence-electron chi connectivity index (χ1n) is 3.40. The van der Waals surface area contributed by atoms with Crippen LogP contribution in [0.25, 0.3) is 0 Å². The van der Waals surface area contributed by atoms with Gasteiger partial charge in [-0.3, -0.25) is 10.2 Å². The molecule has 13 heavy (non-hydrogen) atoms. The van der Waals surface area contributed by atoms with Crippen LogP contribution in [-0.2, 0) is 0 Å². The van der Waals surface area contributed by atoms with Crippen molar-refractivity contribution in [1.29, 1.82) is 0 Å². The van der Waals surface area contributed by atoms with Gasteiger partial charge in [0.2, 0.25) is 0 Å². The first-order valence-corrected chi connectivity index (χ1v) is 4.39. The summed E-state index contributed by atoms with van der Waals surface area (Å²) in [6.45, 7) is 0. The van der Waals surface area contributed by atoms with Gasteiger partial charge in [0.15, 0.2) is 0 Å². The van der Waals surface area contributed by atoms with E-state index in [0.717, 1.165) is 0 Å². The largest absolute Gasteiger partial charge is 0.290 e. The first-order chi connectivity index (χ1) is 6.26. The van der Waals surface area contributed by atoms with Gasteiger partial charge < -0.3 is 0 Å². The smallest absolute Gasteiger partial charge is 0.265 e. The normalized spacial score (nSPS) is 7.85. The lowest BCUT2D eigenvalue weighted by molar-refractivity contribution is 0.0953. The Hall–Kier alpha value is -0.910. The van der Waals surface area contributed by atoms with Gasteiger partial charge in [-0.2, -0.15) is 0 Å². The molecule has 0 unspecified atom stereocenters. The molecule has 0 aliphatic carbocycles. The second-order valence-electron chi connectivity index (χ2n) is 1.94. The molecule has 0 radical (unpaired) electrons. The van der Waals surface area contributed by atoms with E-state index in [9.17, 15) is 4.79 Å². The maximum absolute atomic E-state index is 10.8. The number of thiocarbonyl (C=S) groups is 1. The zero-order valence-electron chi connectivity index (χ0n) is 6.81. The lowest BCUT2D eigenvalue weighted by atomic mass is 10.2. The van der Waals surface area contributed by atoms with Crippen molar-refractivity contribution in [1.82, 2.24) is 5.43 Å². The molecule has 0 saturated heterocycles. The van der Waals surface area contributed by atoms with Crippen molar-refractivity contribution in [3.63, 3.8) is 0 Å². The number of thiol groups is 1. The fourth-order valence-corrected chi connectivity index (χ4v) is 0.673. The number of benzene rings is 1. The van der Waals surface area contributed by atoms with Gasteiger partial charge in [0.05, 0.1) is 0 Å². The second kappa shape index (κ2) is 7.72. The Kier molecular flexibility index (Phi) is 7.18. The van der Waals surface area contributed by atoms with Crippen LogP contribution in [0.15, 0.2) is 30.3 Å². The van der Waals surface area contributed by atoms with Crippen LogP contribution in [0.3, 0.4) is 0 Å². The molecule has 5 heteroatoms. The van der Waals surface area contributed by atoms with E-state index in [2.05, 4.69) is 24.8 Å². The van der Waals surface area contributed by atoms with Crippen molar-refractivity contribution in [2.45, 2.75) is 0 Å². The molecule has 0 aromatic heterocycles. The molecule has 0 atom stereocenters. The summed E-state index contributed by atoms with van der Waals surface area (Å²) in [6.07, 6.45) is 0. The van der Waals surface area contributed by atoms with E-state index in [0.29, 0.717) is 5.56 Å². The predicted octanol–water partition coefficient (Wildman–Crippen LogP) is 1.16. The van der Waals surface area contributed by atoms with Gasteiger partial charge in [-0.1, -0.05) is 30.4 Å². The van der Waals surface area contributed by atoms with Crippen LogP contribution in [0, 0.1) is 0 Å². The highest BCUT2D eigenvalue weighted by molar-refractivity contribution is 8.08. The molecule has 1 amide bonds. The van der Waals surface area contributed by atoms with Gasteiger partial charge in [-0.25, -0.2) is 5.84 Å². The van der Waals surface area contributed by atoms with Gasteiger partial charge in [-0.05, 0) is 12.1 Å². The number of nitrogen functional groups attached to an aromatic ring is 1. The minimum absolute atomic E-state index is 0.263. The molecule has 1 rings (SSSR count). The molecule has 1 aromatic carbocycles. The summed E-state index contributed by atoms with van der Waals surface area (Å²) in [4.78, 5) is 10.8. The SMILES string of the molecule is NNC(=O)c1ccccc1.S=CS. The van der Waals surface area contributed by atoms with Crippen LogP contribution < -0.4 is 11.3 Å². The maximum atomic E-state index is 10.8. The molecule has 0 aliphatic rings. The number of hydrogen-bond acceptors (Lipinski definition) is 3. The molecule has 0 bridgehead atoms. The molecule has 0 saturated carbocycles. The van der Waals surface area contributed by atoms with Crippen molar-refractivity contribution in [3.05, 3.63) is 35.9 Å². The zero-order valence-corrected chi connectivity index (χ0v) is 8.52. The molecular weight excluding hydrogens is 204 g/mol. The monoisotopic (exact) mass is 214 g/mol. The second-order valence-corrected chi connectivity index (χ2v) is 2.79. The van der Waals surface area contributed by atoms with Gasteiger partial charge in [0.1, 0.15) is 0 Å². The molecule has 1 aromatic rings. The van der Waals surface area contributed by atoms with E-state index in [1.807, 2.05) is 11.5 Å². The topological polar surface area (TPSA) is 55.1 Å². The number of hydrogen-bond donors (Lipinski definition) is 3. The highest BCUT2D eigenvalue weighted by Gasteiger charge is 1.98. The summed E-state index contributed by atoms with van der Waals surface area (Å²) in [6, 6.07) is 8.80. The summed E-state index contributed by atoms with van der Waals surface area (Å²) in [7, 11) is 0. The van der Waals surface area contributed by atoms with Crippen LogP contribution in [0.5, 0.6) is 0 Å². The molecule has 0 spiro atoms. The van der Waals surface area contributed by atoms with E-state index in [1.165, 1.54) is 4.70 Å². The van der Waals surface area contributed by atoms with Crippen LogP contribution in [0.1, 0.15) is 10.4 Å². The standard InChI is InChI=1S/C7H8N2O.CH2S2/c8-9-7(10)6-4-2-1-3-5-6;2-1-3/h1-5H,8H2,(H,9,10);1H,(H,2,3). The van der Waals surface area contributed by atoms with E-state index < -0.39 is 0 Å². The Morgan fingerprint density at radius 1 is 1.46 bits per heavy atom. The van der Waals surface area contributed by atoms with E-state index in [1.54, 1.807) is 24.3 Å². The predicted molar refractivity (Wildman–Crippen MR) is 60.7 cm³/mol. The van der Waals surface area contributed by atoms with Crippen molar-refractivity contribution in [3.8, 4) is 0 Å². The van der Waals surface area contributed by atoms with E-state index >= 15 is 0 Å². The Morgan fingerprint density at radius 2 is 1.92 bits per heavy atom. The number of nitrogens with one attached hydrogen (secondary N) is 1. The average Bonchev–Trinajstić information content (AvgIpc) is 2.19. The van der Waals surface area contributed by atoms with Gasteiger partial charge >= 0.3 is 0 Å². The van der Waals surface area contributed by atoms with Crippen molar-refractivity contribution in [2.24, 2.45) is 5.84 Å². The Labute approximate surface area is 87.7 Å². The molecule has 3 N–H and O–H groups in total. The third-order valence-electron chi connectivity index (χ3n) is 1.17. The summed E-state index contributed by atoms with van der Waals surface area (Å²) < 4.78 is 1.28. The lowest BCUT2D eigenvalue weighted by Gasteiger charge is -1.95. The van der Waals surface area contributed by atoms with Gasteiger partial charge in [0, 0.05) is 10.3 Å². The molecular formula is C8H10N2OS2. The Bertz CT molecular complexity index is 264. The maximum Gasteiger partial charge on any atom is 0.265 e. The molecule has 0 aliphatic heterocycles. The lowest BCUT2D eigenvalue weighted by Crippen LogP contribution is -2.29. The van der Waals surface area contributed by atoms with Crippen LogP contribution in [0.4, 0.5) is 0 Å². The van der Waals surface area contributed by atoms with E-state index in [4.69, 9.17) is 5.84 Å². The van der Waals surface area contributed by atoms with Crippen LogP contribution in [-0.4, -0.2) is 10.6 Å². The number of amides is 1. The van der Waals surface area contributed by atoms with Crippen LogP contribution in [0.2, 0.25) is 0 Å². The fraction of sp³-hybridized carbons (Fsp3) is 0. The molecule has 0 heterocycles. The Morgan fingerprint density at radius 3 is 2.31 bits per heavy atom. The summed E-state index contributed by atoms with van der Waals surface area (Å²) >= 11 is 7.61. The number of nitrogens with two attached hydrogens (primary N) is 1. The van der Waals surface area contributed by atoms with E-state index in [-0.39, 0.29) is 5.91 Å². The average molecular weight is 214 g/mol. The van der Waals surface area contributed by atoms with Crippen molar-refractivity contribution in [2.75, 3.05) is 0 Å². The number of carbonyl (C=O) groups excluding carboxylic acids is 1. The zero-order chi connectivity index (χ0) is 10.1. The number of hydrazine groups is 1. The Balaban J connectivity index is 0.000000424. The fourth-order valence-electron chi connectivity index (χ4n) is 0.673. The summed E-state index contributed by atoms with van der Waals surface area (Å²) in [5, 5.41) is 0. The highest BCUT2D eigenvalue weighted by Crippen LogP contribution is 1.95. The minimum atomic E-state index is -0.263. The summed E-state index contributed by atoms with van der Waals surface area (Å²) in [5.41, 5.74) is 2.62. The molecule has 70 valence electrons. The quantitative estimate of drug-likeness (QED) is 0.216. The molecule has 3 nitrogen and oxygen atoms in total. The van der Waals surface area contributed by atoms with Crippen molar-refractivity contribution < 1.29 is 4.79 Å². The molecule has 0 fully saturated rings. The van der Waals surface area contributed by atoms with Crippen LogP contribution >= 0.6 is 24.8 Å². The minimum Gasteiger partial charge on any atom is -0.290 e. The van der Waals surface area contributed by atoms with Gasteiger partial charge in [0.25, 0.3) is 5.91 Å². The number of rotatable bonds is 1. The highest BCUT2D eigenvalue weighted by atomic mass is 32.1. The van der Waals surface area contributed by atoms with Gasteiger partial charge in [-0.15, -0.1) is 12.6 Å². The third-order valence-corrected chi connectivity index (χ3v) is 1.17. The van der Waals surface area contributed by atoms with Crippen molar-refractivity contribution >= 4 is 35.5 Å². The first kappa shape index (κ1) is 12.1. The number of carbonyl (C=O) groups is 1.